The lowest BCUT2D eigenvalue weighted by Gasteiger charge is -2.10. The molecule has 5 heteroatoms. The molecule has 1 atom stereocenters. The smallest absolute Gasteiger partial charge is 0.343 e. The van der Waals surface area contributed by atoms with E-state index in [0.29, 0.717) is 5.75 Å². The van der Waals surface area contributed by atoms with Crippen molar-refractivity contribution in [2.24, 2.45) is 0 Å². The minimum Gasteiger partial charge on any atom is -0.497 e. The maximum atomic E-state index is 12.0. The number of carbonyl (C=O) groups is 2. The Morgan fingerprint density at radius 2 is 1.68 bits per heavy atom. The van der Waals surface area contributed by atoms with E-state index in [4.69, 9.17) is 9.47 Å². The van der Waals surface area contributed by atoms with Gasteiger partial charge in [-0.25, -0.2) is 4.79 Å². The Bertz CT molecular complexity index is 634. The second-order valence-electron chi connectivity index (χ2n) is 4.59. The van der Waals surface area contributed by atoms with Gasteiger partial charge in [-0.15, -0.1) is 0 Å². The van der Waals surface area contributed by atoms with E-state index in [-0.39, 0.29) is 12.2 Å². The summed E-state index contributed by atoms with van der Waals surface area (Å²) >= 11 is 0. The molecule has 1 unspecified atom stereocenters. The molecular formula is C17H16O5. The normalized spacial score (nSPS) is 11.5. The van der Waals surface area contributed by atoms with Crippen molar-refractivity contribution in [3.8, 4) is 5.75 Å². The van der Waals surface area contributed by atoms with Crippen LogP contribution in [0.15, 0.2) is 54.6 Å². The first-order chi connectivity index (χ1) is 10.6. The number of aliphatic hydroxyl groups excluding tert-OH is 1. The predicted octanol–water partition coefficient (Wildman–Crippen LogP) is 1.98. The first kappa shape index (κ1) is 15.7. The number of rotatable bonds is 6. The van der Waals surface area contributed by atoms with E-state index in [0.717, 1.165) is 5.56 Å². The van der Waals surface area contributed by atoms with E-state index in [1.54, 1.807) is 24.3 Å². The highest BCUT2D eigenvalue weighted by atomic mass is 16.5. The van der Waals surface area contributed by atoms with Crippen LogP contribution in [0.25, 0.3) is 0 Å². The molecule has 2 aromatic rings. The quantitative estimate of drug-likeness (QED) is 0.502. The number of hydrogen-bond acceptors (Lipinski definition) is 5. The number of ketones is 1. The summed E-state index contributed by atoms with van der Waals surface area (Å²) in [5.41, 5.74) is 0.991. The molecular weight excluding hydrogens is 284 g/mol. The van der Waals surface area contributed by atoms with Gasteiger partial charge in [-0.2, -0.15) is 0 Å². The summed E-state index contributed by atoms with van der Waals surface area (Å²) in [6, 6.07) is 15.1. The highest BCUT2D eigenvalue weighted by molar-refractivity contribution is 6.10. The van der Waals surface area contributed by atoms with Crippen molar-refractivity contribution in [1.29, 1.82) is 0 Å². The van der Waals surface area contributed by atoms with Crippen LogP contribution < -0.4 is 4.74 Å². The summed E-state index contributed by atoms with van der Waals surface area (Å²) in [6.45, 7) is 0.00657. The molecule has 1 N–H and O–H groups in total. The van der Waals surface area contributed by atoms with Gasteiger partial charge in [0, 0.05) is 5.56 Å². The van der Waals surface area contributed by atoms with Crippen molar-refractivity contribution in [2.45, 2.75) is 12.7 Å². The minimum atomic E-state index is -1.84. The van der Waals surface area contributed by atoms with E-state index < -0.39 is 17.9 Å². The SMILES string of the molecule is COc1ccc(C(=O)C(O)C(=O)OCc2ccccc2)cc1. The molecule has 0 bridgehead atoms. The number of Topliss-reactive ketones (excluding diaryl/α,β-unsaturated/α-hetero) is 1. The Balaban J connectivity index is 1.95. The maximum Gasteiger partial charge on any atom is 0.343 e. The second-order valence-corrected chi connectivity index (χ2v) is 4.59. The van der Waals surface area contributed by atoms with Gasteiger partial charge in [0.2, 0.25) is 11.9 Å². The second kappa shape index (κ2) is 7.38. The van der Waals surface area contributed by atoms with E-state index in [1.165, 1.54) is 19.2 Å². The number of ether oxygens (including phenoxy) is 2. The topological polar surface area (TPSA) is 72.8 Å². The molecule has 2 aromatic carbocycles. The zero-order valence-corrected chi connectivity index (χ0v) is 12.1. The molecule has 0 spiro atoms. The first-order valence-electron chi connectivity index (χ1n) is 6.68. The minimum absolute atomic E-state index is 0.00657. The Kier molecular flexibility index (Phi) is 5.27. The average Bonchev–Trinajstić information content (AvgIpc) is 2.59. The van der Waals surface area contributed by atoms with Gasteiger partial charge in [-0.1, -0.05) is 30.3 Å². The van der Waals surface area contributed by atoms with E-state index >= 15 is 0 Å². The van der Waals surface area contributed by atoms with Crippen LogP contribution in [0, 0.1) is 0 Å². The van der Waals surface area contributed by atoms with Gasteiger partial charge in [0.15, 0.2) is 0 Å². The largest absolute Gasteiger partial charge is 0.497 e. The Morgan fingerprint density at radius 1 is 1.05 bits per heavy atom. The van der Waals surface area contributed by atoms with Gasteiger partial charge in [0.25, 0.3) is 0 Å². The molecule has 0 radical (unpaired) electrons. The predicted molar refractivity (Wildman–Crippen MR) is 79.6 cm³/mol. The molecule has 2 rings (SSSR count). The Labute approximate surface area is 128 Å². The van der Waals surface area contributed by atoms with Gasteiger partial charge < -0.3 is 14.6 Å². The summed E-state index contributed by atoms with van der Waals surface area (Å²) in [5, 5.41) is 9.79. The highest BCUT2D eigenvalue weighted by Gasteiger charge is 2.26. The fraction of sp³-hybridized carbons (Fsp3) is 0.176. The monoisotopic (exact) mass is 300 g/mol. The summed E-state index contributed by atoms with van der Waals surface area (Å²) in [7, 11) is 1.51. The Morgan fingerprint density at radius 3 is 2.27 bits per heavy atom. The van der Waals surface area contributed by atoms with Crippen molar-refractivity contribution in [2.75, 3.05) is 7.11 Å². The number of carbonyl (C=O) groups excluding carboxylic acids is 2. The fourth-order valence-electron chi connectivity index (χ4n) is 1.83. The zero-order valence-electron chi connectivity index (χ0n) is 12.1. The molecule has 0 aliphatic carbocycles. The van der Waals surface area contributed by atoms with Crippen LogP contribution in [0.2, 0.25) is 0 Å². The summed E-state index contributed by atoms with van der Waals surface area (Å²) in [5.74, 6) is -1.09. The van der Waals surface area contributed by atoms with E-state index in [9.17, 15) is 14.7 Å². The number of esters is 1. The van der Waals surface area contributed by atoms with Crippen LogP contribution in [0.1, 0.15) is 15.9 Å². The van der Waals surface area contributed by atoms with Crippen molar-refractivity contribution in [3.05, 3.63) is 65.7 Å². The van der Waals surface area contributed by atoms with Gasteiger partial charge in [0.1, 0.15) is 12.4 Å². The third kappa shape index (κ3) is 3.93. The molecule has 114 valence electrons. The number of benzene rings is 2. The summed E-state index contributed by atoms with van der Waals surface area (Å²) in [6.07, 6.45) is -1.84. The first-order valence-corrected chi connectivity index (χ1v) is 6.68. The average molecular weight is 300 g/mol. The summed E-state index contributed by atoms with van der Waals surface area (Å²) in [4.78, 5) is 23.7. The molecule has 0 aliphatic rings. The molecule has 0 fully saturated rings. The van der Waals surface area contributed by atoms with Gasteiger partial charge >= 0.3 is 5.97 Å². The molecule has 22 heavy (non-hydrogen) atoms. The molecule has 5 nitrogen and oxygen atoms in total. The molecule has 0 saturated carbocycles. The van der Waals surface area contributed by atoms with Crippen LogP contribution in [0.3, 0.4) is 0 Å². The zero-order chi connectivity index (χ0) is 15.9. The van der Waals surface area contributed by atoms with Crippen molar-refractivity contribution in [1.82, 2.24) is 0 Å². The van der Waals surface area contributed by atoms with E-state index in [2.05, 4.69) is 0 Å². The molecule has 0 aromatic heterocycles. The molecule has 0 amide bonds. The third-order valence-corrected chi connectivity index (χ3v) is 3.07. The lowest BCUT2D eigenvalue weighted by Crippen LogP contribution is -2.31. The number of aliphatic hydroxyl groups is 1. The van der Waals surface area contributed by atoms with E-state index in [1.807, 2.05) is 18.2 Å². The van der Waals surface area contributed by atoms with Crippen LogP contribution in [-0.4, -0.2) is 30.1 Å². The van der Waals surface area contributed by atoms with Gasteiger partial charge in [0.05, 0.1) is 7.11 Å². The lowest BCUT2D eigenvalue weighted by molar-refractivity contribution is -0.152. The Hall–Kier alpha value is -2.66. The maximum absolute atomic E-state index is 12.0. The molecule has 0 heterocycles. The van der Waals surface area contributed by atoms with Crippen molar-refractivity contribution in [3.63, 3.8) is 0 Å². The van der Waals surface area contributed by atoms with Crippen LogP contribution in [-0.2, 0) is 16.1 Å². The van der Waals surface area contributed by atoms with Crippen LogP contribution in [0.4, 0.5) is 0 Å². The number of hydrogen-bond donors (Lipinski definition) is 1. The van der Waals surface area contributed by atoms with Crippen LogP contribution >= 0.6 is 0 Å². The molecule has 0 aliphatic heterocycles. The summed E-state index contributed by atoms with van der Waals surface area (Å²) < 4.78 is 9.92. The highest BCUT2D eigenvalue weighted by Crippen LogP contribution is 2.13. The standard InChI is InChI=1S/C17H16O5/c1-21-14-9-7-13(8-10-14)15(18)16(19)17(20)22-11-12-5-3-2-4-6-12/h2-10,16,19H,11H2,1H3. The lowest BCUT2D eigenvalue weighted by atomic mass is 10.1. The van der Waals surface area contributed by atoms with Crippen molar-refractivity contribution >= 4 is 11.8 Å². The van der Waals surface area contributed by atoms with Crippen molar-refractivity contribution < 1.29 is 24.2 Å². The fourth-order valence-corrected chi connectivity index (χ4v) is 1.83. The van der Waals surface area contributed by atoms with Crippen LogP contribution in [0.5, 0.6) is 5.75 Å². The van der Waals surface area contributed by atoms with Gasteiger partial charge in [-0.3, -0.25) is 4.79 Å². The van der Waals surface area contributed by atoms with Gasteiger partial charge in [-0.05, 0) is 29.8 Å². The third-order valence-electron chi connectivity index (χ3n) is 3.07. The molecule has 0 saturated heterocycles. The number of methoxy groups -OCH3 is 1.